The van der Waals surface area contributed by atoms with E-state index < -0.39 is 0 Å². The van der Waals surface area contributed by atoms with Crippen LogP contribution in [-0.4, -0.2) is 49.0 Å². The molecule has 0 unspecified atom stereocenters. The van der Waals surface area contributed by atoms with Crippen molar-refractivity contribution in [3.8, 4) is 17.2 Å². The first kappa shape index (κ1) is 19.8. The molecule has 30 heavy (non-hydrogen) atoms. The lowest BCUT2D eigenvalue weighted by atomic mass is 10.1. The van der Waals surface area contributed by atoms with Gasteiger partial charge in [0.05, 0.1) is 18.9 Å². The van der Waals surface area contributed by atoms with Gasteiger partial charge in [0.25, 0.3) is 5.91 Å². The molecule has 0 spiro atoms. The molecule has 0 bridgehead atoms. The van der Waals surface area contributed by atoms with Crippen molar-refractivity contribution in [2.75, 3.05) is 37.8 Å². The largest absolute Gasteiger partial charge is 0.484 e. The average molecular weight is 412 g/mol. The lowest BCUT2D eigenvalue weighted by Crippen LogP contribution is -2.36. The molecule has 1 aliphatic rings. The SMILES string of the molecule is O=C(COc1ccc(-c2nnco2)cc1)NCc1ccc(N2CCOCC2)c(F)c1. The van der Waals surface area contributed by atoms with Crippen molar-refractivity contribution < 1.29 is 23.1 Å². The topological polar surface area (TPSA) is 89.7 Å². The highest BCUT2D eigenvalue weighted by molar-refractivity contribution is 5.77. The summed E-state index contributed by atoms with van der Waals surface area (Å²) in [6, 6.07) is 12.0. The van der Waals surface area contributed by atoms with Gasteiger partial charge in [-0.05, 0) is 42.0 Å². The number of nitrogens with zero attached hydrogens (tertiary/aromatic N) is 3. The van der Waals surface area contributed by atoms with Gasteiger partial charge in [-0.25, -0.2) is 4.39 Å². The van der Waals surface area contributed by atoms with Crippen molar-refractivity contribution in [3.05, 3.63) is 60.2 Å². The summed E-state index contributed by atoms with van der Waals surface area (Å²) < 4.78 is 30.3. The molecule has 0 atom stereocenters. The Morgan fingerprint density at radius 3 is 2.67 bits per heavy atom. The summed E-state index contributed by atoms with van der Waals surface area (Å²) >= 11 is 0. The number of hydrogen-bond donors (Lipinski definition) is 1. The molecule has 156 valence electrons. The Hall–Kier alpha value is -3.46. The van der Waals surface area contributed by atoms with E-state index >= 15 is 0 Å². The first-order chi connectivity index (χ1) is 14.7. The van der Waals surface area contributed by atoms with E-state index in [0.717, 1.165) is 5.56 Å². The minimum absolute atomic E-state index is 0.145. The Bertz CT molecular complexity index is 973. The molecule has 0 saturated carbocycles. The maximum atomic E-state index is 14.4. The normalized spacial score (nSPS) is 13.8. The third-order valence-electron chi connectivity index (χ3n) is 4.68. The molecule has 4 rings (SSSR count). The molecular formula is C21H21FN4O4. The molecule has 1 aromatic heterocycles. The molecule has 1 N–H and O–H groups in total. The Morgan fingerprint density at radius 2 is 1.97 bits per heavy atom. The summed E-state index contributed by atoms with van der Waals surface area (Å²) in [5.41, 5.74) is 1.99. The summed E-state index contributed by atoms with van der Waals surface area (Å²) in [6.07, 6.45) is 1.26. The minimum atomic E-state index is -0.304. The van der Waals surface area contributed by atoms with E-state index in [9.17, 15) is 9.18 Å². The van der Waals surface area contributed by atoms with E-state index in [0.29, 0.717) is 49.2 Å². The maximum Gasteiger partial charge on any atom is 0.258 e. The Labute approximate surface area is 172 Å². The molecular weight excluding hydrogens is 391 g/mol. The molecule has 1 fully saturated rings. The Balaban J connectivity index is 1.25. The molecule has 2 heterocycles. The molecule has 2 aromatic carbocycles. The number of halogens is 1. The number of hydrogen-bond acceptors (Lipinski definition) is 7. The molecule has 1 saturated heterocycles. The second kappa shape index (κ2) is 9.36. The van der Waals surface area contributed by atoms with Crippen molar-refractivity contribution in [3.63, 3.8) is 0 Å². The highest BCUT2D eigenvalue weighted by atomic mass is 19.1. The molecule has 0 radical (unpaired) electrons. The zero-order valence-electron chi connectivity index (χ0n) is 16.2. The van der Waals surface area contributed by atoms with Gasteiger partial charge in [-0.15, -0.1) is 10.2 Å². The van der Waals surface area contributed by atoms with Crippen LogP contribution in [0.3, 0.4) is 0 Å². The minimum Gasteiger partial charge on any atom is -0.484 e. The average Bonchev–Trinajstić information content (AvgIpc) is 3.32. The molecule has 1 amide bonds. The van der Waals surface area contributed by atoms with Crippen molar-refractivity contribution in [2.24, 2.45) is 0 Å². The van der Waals surface area contributed by atoms with Crippen LogP contribution in [-0.2, 0) is 16.1 Å². The smallest absolute Gasteiger partial charge is 0.258 e. The fourth-order valence-corrected chi connectivity index (χ4v) is 3.11. The van der Waals surface area contributed by atoms with E-state index in [1.54, 1.807) is 30.3 Å². The van der Waals surface area contributed by atoms with Crippen LogP contribution in [0.2, 0.25) is 0 Å². The number of rotatable bonds is 7. The fourth-order valence-electron chi connectivity index (χ4n) is 3.11. The Kier molecular flexibility index (Phi) is 6.19. The number of nitrogens with one attached hydrogen (secondary N) is 1. The molecule has 8 nitrogen and oxygen atoms in total. The third-order valence-corrected chi connectivity index (χ3v) is 4.68. The van der Waals surface area contributed by atoms with Gasteiger partial charge in [-0.3, -0.25) is 4.79 Å². The molecule has 3 aromatic rings. The quantitative estimate of drug-likeness (QED) is 0.637. The zero-order chi connectivity index (χ0) is 20.8. The van der Waals surface area contributed by atoms with Gasteiger partial charge in [0.15, 0.2) is 6.61 Å². The van der Waals surface area contributed by atoms with Crippen LogP contribution in [0.25, 0.3) is 11.5 Å². The van der Waals surface area contributed by atoms with Gasteiger partial charge in [-0.2, -0.15) is 0 Å². The number of aromatic nitrogens is 2. The van der Waals surface area contributed by atoms with Crippen LogP contribution in [0.4, 0.5) is 10.1 Å². The molecule has 9 heteroatoms. The maximum absolute atomic E-state index is 14.4. The van der Waals surface area contributed by atoms with Crippen molar-refractivity contribution >= 4 is 11.6 Å². The fraction of sp³-hybridized carbons (Fsp3) is 0.286. The highest BCUT2D eigenvalue weighted by Gasteiger charge is 2.15. The van der Waals surface area contributed by atoms with E-state index in [2.05, 4.69) is 15.5 Å². The van der Waals surface area contributed by atoms with Crippen molar-refractivity contribution in [1.29, 1.82) is 0 Å². The highest BCUT2D eigenvalue weighted by Crippen LogP contribution is 2.22. The van der Waals surface area contributed by atoms with Gasteiger partial charge >= 0.3 is 0 Å². The Morgan fingerprint density at radius 1 is 1.17 bits per heavy atom. The second-order valence-electron chi connectivity index (χ2n) is 6.72. The van der Waals surface area contributed by atoms with Crippen LogP contribution in [0.1, 0.15) is 5.56 Å². The number of morpholine rings is 1. The summed E-state index contributed by atoms with van der Waals surface area (Å²) in [4.78, 5) is 14.0. The van der Waals surface area contributed by atoms with E-state index in [-0.39, 0.29) is 24.9 Å². The summed E-state index contributed by atoms with van der Waals surface area (Å²) in [6.45, 7) is 2.60. The van der Waals surface area contributed by atoms with Crippen LogP contribution in [0, 0.1) is 5.82 Å². The molecule has 1 aliphatic heterocycles. The van der Waals surface area contributed by atoms with Crippen LogP contribution in [0.15, 0.2) is 53.3 Å². The number of carbonyl (C=O) groups is 1. The number of ether oxygens (including phenoxy) is 2. The molecule has 0 aliphatic carbocycles. The number of anilines is 1. The third kappa shape index (κ3) is 4.93. The summed E-state index contributed by atoms with van der Waals surface area (Å²) in [7, 11) is 0. The van der Waals surface area contributed by atoms with Gasteiger partial charge < -0.3 is 24.1 Å². The monoisotopic (exact) mass is 412 g/mol. The van der Waals surface area contributed by atoms with Crippen molar-refractivity contribution in [1.82, 2.24) is 15.5 Å². The number of amides is 1. The van der Waals surface area contributed by atoms with Crippen molar-refractivity contribution in [2.45, 2.75) is 6.54 Å². The lowest BCUT2D eigenvalue weighted by molar-refractivity contribution is -0.123. The van der Waals surface area contributed by atoms with Gasteiger partial charge in [0.2, 0.25) is 12.3 Å². The van der Waals surface area contributed by atoms with E-state index in [1.807, 2.05) is 11.0 Å². The number of carbonyl (C=O) groups excluding carboxylic acids is 1. The van der Waals surface area contributed by atoms with E-state index in [1.165, 1.54) is 12.5 Å². The predicted molar refractivity (Wildman–Crippen MR) is 107 cm³/mol. The first-order valence-corrected chi connectivity index (χ1v) is 9.56. The lowest BCUT2D eigenvalue weighted by Gasteiger charge is -2.29. The van der Waals surface area contributed by atoms with Gasteiger partial charge in [-0.1, -0.05) is 6.07 Å². The van der Waals surface area contributed by atoms with Crippen LogP contribution < -0.4 is 15.0 Å². The predicted octanol–water partition coefficient (Wildman–Crippen LogP) is 2.41. The first-order valence-electron chi connectivity index (χ1n) is 9.56. The zero-order valence-corrected chi connectivity index (χ0v) is 16.2. The second-order valence-corrected chi connectivity index (χ2v) is 6.72. The van der Waals surface area contributed by atoms with Gasteiger partial charge in [0.1, 0.15) is 11.6 Å². The summed E-state index contributed by atoms with van der Waals surface area (Å²) in [5, 5.41) is 10.2. The van der Waals surface area contributed by atoms with E-state index in [4.69, 9.17) is 13.9 Å². The standard InChI is InChI=1S/C21H21FN4O4/c22-18-11-15(1-6-19(18)26-7-9-28-10-8-26)12-23-20(27)13-29-17-4-2-16(3-5-17)21-25-24-14-30-21/h1-6,11,14H,7-10,12-13H2,(H,23,27). The number of benzene rings is 2. The van der Waals surface area contributed by atoms with Crippen LogP contribution >= 0.6 is 0 Å². The summed E-state index contributed by atoms with van der Waals surface area (Å²) in [5.74, 6) is 0.343. The van der Waals surface area contributed by atoms with Gasteiger partial charge in [0, 0.05) is 25.2 Å². The van der Waals surface area contributed by atoms with Crippen LogP contribution in [0.5, 0.6) is 5.75 Å².